The van der Waals surface area contributed by atoms with E-state index >= 15 is 0 Å². The van der Waals surface area contributed by atoms with E-state index in [1.807, 2.05) is 37.4 Å². The molecule has 3 N–H and O–H groups in total. The van der Waals surface area contributed by atoms with Gasteiger partial charge in [0.25, 0.3) is 5.69 Å². The number of benzene rings is 4. The van der Waals surface area contributed by atoms with E-state index in [9.17, 15) is 51.2 Å². The molecule has 80 heavy (non-hydrogen) atoms. The van der Waals surface area contributed by atoms with E-state index in [-0.39, 0.29) is 57.6 Å². The van der Waals surface area contributed by atoms with E-state index in [4.69, 9.17) is 4.74 Å². The molecule has 10 rings (SSSR count). The van der Waals surface area contributed by atoms with Crippen LogP contribution in [0.5, 0.6) is 0 Å². The number of nitro groups is 1. The number of carboxylic acid groups (broad SMARTS) is 1. The molecule has 1 amide bonds. The number of non-ortho nitro benzene ring substituents is 1. The molecule has 442 valence electrons. The summed E-state index contributed by atoms with van der Waals surface area (Å²) in [5, 5.41) is 26.1. The molecule has 4 aromatic rings. The quantitative estimate of drug-likeness (QED) is 0.0478. The van der Waals surface area contributed by atoms with Gasteiger partial charge >= 0.3 is 11.9 Å². The fraction of sp³-hybridized carbons (Fsp3) is 0.541. The highest BCUT2D eigenvalue weighted by Crippen LogP contribution is 2.44. The van der Waals surface area contributed by atoms with E-state index in [1.165, 1.54) is 108 Å². The lowest BCUT2D eigenvalue weighted by Gasteiger charge is -2.49. The largest absolute Gasteiger partial charge is 0.480 e. The van der Waals surface area contributed by atoms with Crippen LogP contribution >= 0.6 is 0 Å². The number of ether oxygens (including phenoxy) is 1. The van der Waals surface area contributed by atoms with E-state index < -0.39 is 60.9 Å². The number of sulfonamides is 2. The van der Waals surface area contributed by atoms with Crippen LogP contribution in [0.3, 0.4) is 0 Å². The number of nitro benzene ring substituents is 1. The lowest BCUT2D eigenvalue weighted by molar-refractivity contribution is -0.384. The number of carbonyl (C=O) groups excluding carboxylic acids is 3. The first-order valence-electron chi connectivity index (χ1n) is 28.4. The maximum absolute atomic E-state index is 13.5. The average Bonchev–Trinajstić information content (AvgIpc) is 3.52. The van der Waals surface area contributed by atoms with Crippen LogP contribution in [0.25, 0.3) is 0 Å². The molecule has 2 aliphatic carbocycles. The highest BCUT2D eigenvalue weighted by molar-refractivity contribution is 7.89. The third kappa shape index (κ3) is 20.0. The smallest absolute Gasteiger partial charge is 0.328 e. The molecular weight excluding hydrogens is 1060 g/mol. The second-order valence-electron chi connectivity index (χ2n) is 20.6. The molecule has 4 aliphatic heterocycles. The average molecular weight is 1150 g/mol. The molecule has 1 unspecified atom stereocenters. The van der Waals surface area contributed by atoms with Gasteiger partial charge in [0.1, 0.15) is 23.9 Å². The molecule has 4 saturated heterocycles. The Bertz CT molecular complexity index is 2700. The summed E-state index contributed by atoms with van der Waals surface area (Å²) in [6.45, 7) is 14.6. The third-order valence-corrected chi connectivity index (χ3v) is 18.4. The predicted octanol–water partition coefficient (Wildman–Crippen LogP) is 11.0. The molecule has 19 heteroatoms. The Balaban J connectivity index is 0.000000312. The summed E-state index contributed by atoms with van der Waals surface area (Å²) in [6, 6.07) is 28.4. The molecule has 4 aromatic carbocycles. The molecule has 4 heterocycles. The van der Waals surface area contributed by atoms with Gasteiger partial charge < -0.3 is 20.5 Å². The molecule has 17 nitrogen and oxygen atoms in total. The number of nitrogens with one attached hydrogen (secondary N) is 2. The van der Waals surface area contributed by atoms with Gasteiger partial charge in [0.15, 0.2) is 0 Å². The van der Waals surface area contributed by atoms with Gasteiger partial charge in [-0.3, -0.25) is 24.5 Å². The van der Waals surface area contributed by atoms with Crippen LogP contribution in [0.4, 0.5) is 5.69 Å². The number of likely N-dealkylation sites (N-methyl/N-ethyl adjacent to an activating group) is 1. The van der Waals surface area contributed by atoms with Gasteiger partial charge in [-0.2, -0.15) is 8.61 Å². The monoisotopic (exact) mass is 1150 g/mol. The number of rotatable bonds is 18. The van der Waals surface area contributed by atoms with Crippen molar-refractivity contribution in [1.82, 2.24) is 19.2 Å². The lowest BCUT2D eigenvalue weighted by Crippen LogP contribution is -2.63. The summed E-state index contributed by atoms with van der Waals surface area (Å²) in [5.41, 5.74) is 1.69. The number of ketones is 1. The number of hydrogen-bond donors (Lipinski definition) is 3. The molecule has 0 spiro atoms. The molecule has 0 radical (unpaired) electrons. The topological polar surface area (TPSA) is 240 Å². The minimum Gasteiger partial charge on any atom is -0.480 e. The maximum Gasteiger partial charge on any atom is 0.328 e. The van der Waals surface area contributed by atoms with Gasteiger partial charge in [-0.05, 0) is 119 Å². The first-order valence-corrected chi connectivity index (χ1v) is 31.3. The van der Waals surface area contributed by atoms with Crippen molar-refractivity contribution in [2.75, 3.05) is 14.2 Å². The van der Waals surface area contributed by atoms with Crippen LogP contribution in [0, 0.1) is 22.0 Å². The summed E-state index contributed by atoms with van der Waals surface area (Å²) < 4.78 is 60.0. The van der Waals surface area contributed by atoms with Crippen LogP contribution < -0.4 is 10.6 Å². The Hall–Kier alpha value is -5.86. The van der Waals surface area contributed by atoms with Crippen LogP contribution in [0.1, 0.15) is 149 Å². The zero-order chi connectivity index (χ0) is 59.4. The van der Waals surface area contributed by atoms with Crippen LogP contribution in [0.15, 0.2) is 125 Å². The Labute approximate surface area is 476 Å². The number of aliphatic carboxylic acids is 1. The zero-order valence-corrected chi connectivity index (χ0v) is 50.1. The number of hydrogen-bond acceptors (Lipinski definition) is 12. The van der Waals surface area contributed by atoms with Crippen molar-refractivity contribution >= 4 is 49.4 Å². The number of fused-ring (bicyclic) bond motifs is 6. The normalized spacial score (nSPS) is 20.7. The number of methoxy groups -OCH3 is 1. The molecular formula is C61H89N5O12S2. The van der Waals surface area contributed by atoms with Crippen molar-refractivity contribution in [3.63, 3.8) is 0 Å². The highest BCUT2D eigenvalue weighted by Gasteiger charge is 2.52. The van der Waals surface area contributed by atoms with Crippen LogP contribution in [0.2, 0.25) is 0 Å². The molecule has 6 aliphatic rings. The van der Waals surface area contributed by atoms with E-state index in [0.29, 0.717) is 18.4 Å². The number of nitrogens with zero attached hydrogens (tertiary/aromatic N) is 3. The summed E-state index contributed by atoms with van der Waals surface area (Å²) in [5.74, 6) is -2.29. The number of unbranched alkanes of at least 4 members (excludes halogenated alkanes) is 3. The number of carbonyl (C=O) groups is 4. The van der Waals surface area contributed by atoms with Gasteiger partial charge in [0, 0.05) is 30.6 Å². The fourth-order valence-electron chi connectivity index (χ4n) is 10.2. The number of piperidine rings is 4. The number of carboxylic acids is 1. The van der Waals surface area contributed by atoms with Gasteiger partial charge in [-0.15, -0.1) is 0 Å². The first kappa shape index (κ1) is 68.4. The van der Waals surface area contributed by atoms with Crippen molar-refractivity contribution in [2.24, 2.45) is 11.8 Å². The van der Waals surface area contributed by atoms with E-state index in [2.05, 4.69) is 52.2 Å². The summed E-state index contributed by atoms with van der Waals surface area (Å²) in [7, 11) is -4.65. The van der Waals surface area contributed by atoms with Crippen molar-refractivity contribution < 1.29 is 50.8 Å². The fourth-order valence-corrected chi connectivity index (χ4v) is 14.0. The minimum atomic E-state index is -3.93. The van der Waals surface area contributed by atoms with Crippen molar-refractivity contribution in [3.8, 4) is 0 Å². The summed E-state index contributed by atoms with van der Waals surface area (Å²) in [6.07, 6.45) is 14.8. The molecule has 2 saturated carbocycles. The number of Topliss-reactive ketones (excluding diaryl/α,β-unsaturated/α-hetero) is 1. The Morgan fingerprint density at radius 1 is 0.613 bits per heavy atom. The molecule has 4 atom stereocenters. The SMILES string of the molecule is CCC.CCCC.CCCCC.CN[C@@H](Cc1ccccc1)C(C)=O.COC(=O)[C@H](Cc1ccc([N+](=O)[O-])cc1)NC(=O)[C@@H]1C2CCC(CC2)N1S(=O)(=O)c1ccccc1.O=C(O)C1C2CCC(CC2)N1S(=O)(=O)c1ccccc1. The van der Waals surface area contributed by atoms with E-state index in [1.54, 1.807) is 43.3 Å². The molecule has 0 aromatic heterocycles. The lowest BCUT2D eigenvalue weighted by atomic mass is 9.76. The van der Waals surface area contributed by atoms with Gasteiger partial charge in [0.2, 0.25) is 26.0 Å². The third-order valence-electron chi connectivity index (χ3n) is 14.5. The van der Waals surface area contributed by atoms with Crippen molar-refractivity contribution in [2.45, 2.75) is 197 Å². The summed E-state index contributed by atoms with van der Waals surface area (Å²) in [4.78, 5) is 59.4. The standard InChI is InChI=1S/C24H27N3O7S.C14H17NO4S.C11H15NO.C5H12.C4H10.C3H8/c1-34-24(29)21(15-16-7-11-19(12-8-16)27(30)31)25-23(28)22-17-9-13-18(14-10-17)26(22)35(32,33)20-5-3-2-4-6-20;16-14(17)13-10-6-8-11(9-7-10)15(13)20(18,19)12-4-2-1-3-5-12;1-9(13)11(12-2)8-10-6-4-3-5-7-10;1-3-5-4-2;1-3-4-2;1-3-2/h2-8,11-12,17-18,21-22H,9-10,13-15H2,1H3,(H,25,28);1-5,10-11,13H,6-9H2,(H,16,17);3-7,11-12H,8H2,1-2H3;3-5H2,1-2H3;3-4H2,1-2H3;3H2,1-2H3/t17?,18?,21-,22-;;11-;;;/m0.0.../s1. The van der Waals surface area contributed by atoms with Crippen LogP contribution in [-0.2, 0) is 56.8 Å². The van der Waals surface area contributed by atoms with Crippen molar-refractivity contribution in [1.29, 1.82) is 0 Å². The molecule has 4 bridgehead atoms. The van der Waals surface area contributed by atoms with Crippen molar-refractivity contribution in [3.05, 3.63) is 137 Å². The highest BCUT2D eigenvalue weighted by atomic mass is 32.2. The number of amides is 1. The van der Waals surface area contributed by atoms with E-state index in [0.717, 1.165) is 44.9 Å². The van der Waals surface area contributed by atoms with Gasteiger partial charge in [-0.1, -0.05) is 159 Å². The maximum atomic E-state index is 13.5. The van der Waals surface area contributed by atoms with Gasteiger partial charge in [0.05, 0.1) is 27.9 Å². The Morgan fingerprint density at radius 3 is 1.35 bits per heavy atom. The van der Waals surface area contributed by atoms with Crippen LogP contribution in [-0.4, -0.2) is 110 Å². The molecule has 6 fully saturated rings. The first-order chi connectivity index (χ1) is 38.2. The number of esters is 1. The Morgan fingerprint density at radius 2 is 1.00 bits per heavy atom. The Kier molecular flexibility index (Phi) is 30.0. The minimum absolute atomic E-state index is 0.0443. The second kappa shape index (κ2) is 35.1. The zero-order valence-electron chi connectivity index (χ0n) is 48.5. The predicted molar refractivity (Wildman–Crippen MR) is 314 cm³/mol. The second-order valence-corrected chi connectivity index (χ2v) is 24.3. The summed E-state index contributed by atoms with van der Waals surface area (Å²) >= 11 is 0. The van der Waals surface area contributed by atoms with Gasteiger partial charge in [-0.25, -0.2) is 21.6 Å².